The van der Waals surface area contributed by atoms with Crippen molar-refractivity contribution >= 4 is 16.9 Å². The second kappa shape index (κ2) is 8.58. The fourth-order valence-electron chi connectivity index (χ4n) is 6.29. The Morgan fingerprint density at radius 1 is 1.09 bits per heavy atom. The van der Waals surface area contributed by atoms with Crippen molar-refractivity contribution in [2.75, 3.05) is 26.3 Å². The molecule has 6 rings (SSSR count). The van der Waals surface area contributed by atoms with E-state index in [0.717, 1.165) is 50.5 Å². The van der Waals surface area contributed by atoms with Gasteiger partial charge in [0.2, 0.25) is 0 Å². The van der Waals surface area contributed by atoms with E-state index in [4.69, 9.17) is 9.72 Å². The molecule has 2 fully saturated rings. The van der Waals surface area contributed by atoms with E-state index in [0.29, 0.717) is 17.5 Å². The smallest absolute Gasteiger partial charge is 0.335 e. The number of carbonyl (C=O) groups is 1. The zero-order chi connectivity index (χ0) is 22.4. The average Bonchev–Trinajstić information content (AvgIpc) is 3.07. The first kappa shape index (κ1) is 20.9. The van der Waals surface area contributed by atoms with Crippen LogP contribution in [0.1, 0.15) is 59.5 Å². The van der Waals surface area contributed by atoms with E-state index in [1.165, 1.54) is 54.3 Å². The molecule has 2 aromatic heterocycles. The lowest BCUT2D eigenvalue weighted by Crippen LogP contribution is -2.46. The predicted molar refractivity (Wildman–Crippen MR) is 128 cm³/mol. The number of carboxylic acids is 1. The Morgan fingerprint density at radius 2 is 1.91 bits per heavy atom. The maximum Gasteiger partial charge on any atom is 0.335 e. The second-order valence-corrected chi connectivity index (χ2v) is 9.76. The molecule has 3 aromatic rings. The number of fused-ring (bicyclic) bond motifs is 5. The molecule has 1 aliphatic carbocycles. The molecule has 0 radical (unpaired) electrons. The van der Waals surface area contributed by atoms with Crippen molar-refractivity contribution in [2.45, 2.75) is 57.0 Å². The Labute approximate surface area is 194 Å². The summed E-state index contributed by atoms with van der Waals surface area (Å²) in [5, 5.41) is 10.9. The van der Waals surface area contributed by atoms with Crippen molar-refractivity contribution in [1.82, 2.24) is 14.5 Å². The van der Waals surface area contributed by atoms with Gasteiger partial charge < -0.3 is 14.4 Å². The molecule has 0 amide bonds. The summed E-state index contributed by atoms with van der Waals surface area (Å²) in [7, 11) is 0. The van der Waals surface area contributed by atoms with Crippen LogP contribution in [0.15, 0.2) is 36.5 Å². The molecule has 1 saturated heterocycles. The number of nitrogens with zero attached hydrogens (tertiary/aromatic N) is 3. The number of aromatic carboxylic acids is 1. The van der Waals surface area contributed by atoms with Gasteiger partial charge in [0.25, 0.3) is 0 Å². The van der Waals surface area contributed by atoms with Crippen molar-refractivity contribution in [3.8, 4) is 11.4 Å². The number of pyridine rings is 1. The molecule has 6 nitrogen and oxygen atoms in total. The summed E-state index contributed by atoms with van der Waals surface area (Å²) in [5.41, 5.74) is 6.40. The molecular weight excluding hydrogens is 414 g/mol. The summed E-state index contributed by atoms with van der Waals surface area (Å²) < 4.78 is 8.04. The maximum absolute atomic E-state index is 11.9. The van der Waals surface area contributed by atoms with E-state index in [1.807, 2.05) is 12.3 Å². The summed E-state index contributed by atoms with van der Waals surface area (Å²) in [6.45, 7) is 4.26. The Hall–Kier alpha value is -2.70. The lowest BCUT2D eigenvalue weighted by molar-refractivity contribution is 0.0136. The molecule has 2 aliphatic heterocycles. The standard InChI is InChI=1S/C27H31N3O3/c31-27(32)20-8-9-22-23(16-20)30-17-21(29-11-13-33-14-12-29)15-19-7-4-10-28-25(19)26(30)24(22)18-5-2-1-3-6-18/h4,7-10,16,18,21H,1-3,5-6,11-15,17H2,(H,31,32). The van der Waals surface area contributed by atoms with Crippen molar-refractivity contribution in [3.63, 3.8) is 0 Å². The third-order valence-corrected chi connectivity index (χ3v) is 7.89. The van der Waals surface area contributed by atoms with E-state index >= 15 is 0 Å². The third-order valence-electron chi connectivity index (χ3n) is 7.89. The van der Waals surface area contributed by atoms with E-state index < -0.39 is 5.97 Å². The van der Waals surface area contributed by atoms with Crippen LogP contribution in [-0.4, -0.2) is 57.9 Å². The fourth-order valence-corrected chi connectivity index (χ4v) is 6.29. The Balaban J connectivity index is 1.60. The highest BCUT2D eigenvalue weighted by atomic mass is 16.5. The first-order chi connectivity index (χ1) is 16.2. The predicted octanol–water partition coefficient (Wildman–Crippen LogP) is 4.71. The molecular formula is C27H31N3O3. The summed E-state index contributed by atoms with van der Waals surface area (Å²) in [6, 6.07) is 10.3. The molecule has 1 aromatic carbocycles. The molecule has 172 valence electrons. The van der Waals surface area contributed by atoms with Crippen LogP contribution >= 0.6 is 0 Å². The number of hydrogen-bond donors (Lipinski definition) is 1. The van der Waals surface area contributed by atoms with Gasteiger partial charge in [0, 0.05) is 42.8 Å². The van der Waals surface area contributed by atoms with Gasteiger partial charge >= 0.3 is 5.97 Å². The highest BCUT2D eigenvalue weighted by Crippen LogP contribution is 2.45. The number of rotatable bonds is 3. The molecule has 1 unspecified atom stereocenters. The van der Waals surface area contributed by atoms with Gasteiger partial charge in [-0.2, -0.15) is 0 Å². The first-order valence-electron chi connectivity index (χ1n) is 12.4. The van der Waals surface area contributed by atoms with Gasteiger partial charge in [-0.25, -0.2) is 4.79 Å². The number of ether oxygens (including phenoxy) is 1. The molecule has 1 N–H and O–H groups in total. The van der Waals surface area contributed by atoms with Crippen LogP contribution in [0.2, 0.25) is 0 Å². The average molecular weight is 446 g/mol. The van der Waals surface area contributed by atoms with Gasteiger partial charge in [-0.15, -0.1) is 0 Å². The molecule has 0 bridgehead atoms. The highest BCUT2D eigenvalue weighted by molar-refractivity contribution is 5.98. The number of aromatic nitrogens is 2. The largest absolute Gasteiger partial charge is 0.478 e. The minimum absolute atomic E-state index is 0.335. The quantitative estimate of drug-likeness (QED) is 0.633. The topological polar surface area (TPSA) is 67.6 Å². The van der Waals surface area contributed by atoms with Gasteiger partial charge in [-0.3, -0.25) is 9.88 Å². The Morgan fingerprint density at radius 3 is 2.70 bits per heavy atom. The molecule has 3 aliphatic rings. The molecule has 6 heteroatoms. The zero-order valence-electron chi connectivity index (χ0n) is 19.0. The normalized spacial score (nSPS) is 22.0. The van der Waals surface area contributed by atoms with Crippen LogP contribution in [0.5, 0.6) is 0 Å². The van der Waals surface area contributed by atoms with Crippen molar-refractivity contribution in [3.05, 3.63) is 53.2 Å². The zero-order valence-corrected chi connectivity index (χ0v) is 19.0. The van der Waals surface area contributed by atoms with Crippen LogP contribution in [0.25, 0.3) is 22.3 Å². The third kappa shape index (κ3) is 3.65. The van der Waals surface area contributed by atoms with E-state index in [1.54, 1.807) is 6.07 Å². The van der Waals surface area contributed by atoms with E-state index in [2.05, 4.69) is 27.7 Å². The van der Waals surface area contributed by atoms with Crippen LogP contribution in [-0.2, 0) is 17.7 Å². The van der Waals surface area contributed by atoms with E-state index in [-0.39, 0.29) is 0 Å². The summed E-state index contributed by atoms with van der Waals surface area (Å²) in [4.78, 5) is 19.3. The van der Waals surface area contributed by atoms with Gasteiger partial charge in [-0.05, 0) is 54.5 Å². The lowest BCUT2D eigenvalue weighted by atomic mass is 9.82. The minimum atomic E-state index is -0.872. The van der Waals surface area contributed by atoms with Crippen LogP contribution in [0.4, 0.5) is 0 Å². The van der Waals surface area contributed by atoms with E-state index in [9.17, 15) is 9.90 Å². The van der Waals surface area contributed by atoms with Crippen LogP contribution in [0, 0.1) is 0 Å². The number of morpholine rings is 1. The molecule has 1 saturated carbocycles. The van der Waals surface area contributed by atoms with Crippen molar-refractivity contribution in [1.29, 1.82) is 0 Å². The number of hydrogen-bond acceptors (Lipinski definition) is 4. The Kier molecular flexibility index (Phi) is 5.43. The SMILES string of the molecule is O=C(O)c1ccc2c(C3CCCCC3)c3n(c2c1)CC(N1CCOCC1)Cc1cccnc1-3. The number of benzene rings is 1. The maximum atomic E-state index is 11.9. The first-order valence-corrected chi connectivity index (χ1v) is 12.4. The van der Waals surface area contributed by atoms with Crippen LogP contribution in [0.3, 0.4) is 0 Å². The summed E-state index contributed by atoms with van der Waals surface area (Å²) in [6.07, 6.45) is 9.08. The van der Waals surface area contributed by atoms with Crippen LogP contribution < -0.4 is 0 Å². The fraction of sp³-hybridized carbons (Fsp3) is 0.481. The summed E-state index contributed by atoms with van der Waals surface area (Å²) in [5.74, 6) is -0.369. The lowest BCUT2D eigenvalue weighted by Gasteiger charge is -2.34. The van der Waals surface area contributed by atoms with Crippen molar-refractivity contribution < 1.29 is 14.6 Å². The van der Waals surface area contributed by atoms with Gasteiger partial charge in [0.1, 0.15) is 0 Å². The molecule has 0 spiro atoms. The Bertz CT molecular complexity index is 1190. The molecule has 4 heterocycles. The van der Waals surface area contributed by atoms with Gasteiger partial charge in [-0.1, -0.05) is 31.4 Å². The highest BCUT2D eigenvalue weighted by Gasteiger charge is 2.33. The number of carboxylic acid groups (broad SMARTS) is 1. The monoisotopic (exact) mass is 445 g/mol. The summed E-state index contributed by atoms with van der Waals surface area (Å²) >= 11 is 0. The minimum Gasteiger partial charge on any atom is -0.478 e. The van der Waals surface area contributed by atoms with Crippen molar-refractivity contribution in [2.24, 2.45) is 0 Å². The van der Waals surface area contributed by atoms with Gasteiger partial charge in [0.15, 0.2) is 0 Å². The molecule has 1 atom stereocenters. The molecule has 33 heavy (non-hydrogen) atoms. The second-order valence-electron chi connectivity index (χ2n) is 9.76. The van der Waals surface area contributed by atoms with Gasteiger partial charge in [0.05, 0.1) is 30.2 Å².